The molecule has 2 unspecified atom stereocenters. The summed E-state index contributed by atoms with van der Waals surface area (Å²) in [6, 6.07) is 5.75. The van der Waals surface area contributed by atoms with Gasteiger partial charge in [0.1, 0.15) is 5.75 Å². The minimum atomic E-state index is -4.17. The molecule has 0 radical (unpaired) electrons. The summed E-state index contributed by atoms with van der Waals surface area (Å²) in [5, 5.41) is 2.74. The lowest BCUT2D eigenvalue weighted by Crippen LogP contribution is -2.33. The molecule has 1 N–H and O–H groups in total. The summed E-state index contributed by atoms with van der Waals surface area (Å²) < 4.78 is 31.7. The molecular weight excluding hydrogens is 368 g/mol. The van der Waals surface area contributed by atoms with Crippen LogP contribution in [-0.2, 0) is 24.2 Å². The molecule has 0 spiro atoms. The number of rotatable bonds is 8. The number of nitrogens with zero attached hydrogens (tertiary/aromatic N) is 1. The van der Waals surface area contributed by atoms with E-state index in [2.05, 4.69) is 9.50 Å². The Morgan fingerprint density at radius 2 is 2.12 bits per heavy atom. The van der Waals surface area contributed by atoms with Gasteiger partial charge in [0, 0.05) is 12.5 Å². The number of carbonyl (C=O) groups is 2. The maximum atomic E-state index is 12.6. The van der Waals surface area contributed by atoms with Crippen molar-refractivity contribution in [2.24, 2.45) is 0 Å². The van der Waals surface area contributed by atoms with Crippen molar-refractivity contribution in [3.63, 3.8) is 0 Å². The molecule has 1 aromatic carbocycles. The van der Waals surface area contributed by atoms with Gasteiger partial charge in [0.2, 0.25) is 11.8 Å². The van der Waals surface area contributed by atoms with Crippen LogP contribution in [0.4, 0.5) is 5.69 Å². The predicted molar refractivity (Wildman–Crippen MR) is 94.6 cm³/mol. The van der Waals surface area contributed by atoms with Crippen LogP contribution in [0.5, 0.6) is 5.75 Å². The molecule has 0 aromatic heterocycles. The Hall–Kier alpha value is -1.62. The van der Waals surface area contributed by atoms with E-state index < -0.39 is 15.6 Å². The van der Waals surface area contributed by atoms with Crippen LogP contribution >= 0.6 is 11.8 Å². The van der Waals surface area contributed by atoms with Crippen LogP contribution in [0.25, 0.3) is 0 Å². The van der Waals surface area contributed by atoms with Crippen molar-refractivity contribution < 1.29 is 26.4 Å². The Bertz CT molecular complexity index is 752. The smallest absolute Gasteiger partial charge is 0.362 e. The maximum Gasteiger partial charge on any atom is 0.448 e. The first-order valence-electron chi connectivity index (χ1n) is 7.63. The number of thioether (sulfide) groups is 1. The van der Waals surface area contributed by atoms with Crippen LogP contribution in [0.15, 0.2) is 24.3 Å². The summed E-state index contributed by atoms with van der Waals surface area (Å²) in [6.45, 7) is 4.66. The number of carbonyl (C=O) groups excluding carboxylic acids is 2. The van der Waals surface area contributed by atoms with Gasteiger partial charge in [-0.25, -0.2) is 9.08 Å². The first-order chi connectivity index (χ1) is 11.8. The van der Waals surface area contributed by atoms with Gasteiger partial charge in [-0.15, -0.1) is 11.8 Å². The van der Waals surface area contributed by atoms with E-state index in [-0.39, 0.29) is 35.0 Å². The van der Waals surface area contributed by atoms with Crippen molar-refractivity contribution in [2.45, 2.75) is 30.9 Å². The predicted octanol–water partition coefficient (Wildman–Crippen LogP) is 1.28. The highest BCUT2D eigenvalue weighted by Gasteiger charge is 2.40. The van der Waals surface area contributed by atoms with E-state index in [4.69, 9.17) is 4.18 Å². The summed E-state index contributed by atoms with van der Waals surface area (Å²) >= 11 is 1.39. The zero-order chi connectivity index (χ0) is 18.6. The van der Waals surface area contributed by atoms with E-state index in [1.807, 2.05) is 13.8 Å². The van der Waals surface area contributed by atoms with Gasteiger partial charge in [0.25, 0.3) is 0 Å². The Morgan fingerprint density at radius 1 is 1.40 bits per heavy atom. The first kappa shape index (κ1) is 19.7. The quantitative estimate of drug-likeness (QED) is 0.525. The minimum Gasteiger partial charge on any atom is -0.362 e. The Labute approximate surface area is 151 Å². The third kappa shape index (κ3) is 4.94. The second-order valence-corrected chi connectivity index (χ2v) is 8.12. The molecule has 1 heterocycles. The number of nitrogens with one attached hydrogen (secondary N) is 1. The van der Waals surface area contributed by atoms with Crippen LogP contribution < -0.4 is 14.4 Å². The van der Waals surface area contributed by atoms with Gasteiger partial charge < -0.3 is 9.50 Å². The average molecular weight is 388 g/mol. The summed E-state index contributed by atoms with van der Waals surface area (Å²) in [6.07, 6.45) is 0.0979. The largest absolute Gasteiger partial charge is 0.448 e. The third-order valence-electron chi connectivity index (χ3n) is 3.44. The first-order valence-corrected chi connectivity index (χ1v) is 9.90. The Morgan fingerprint density at radius 3 is 2.76 bits per heavy atom. The van der Waals surface area contributed by atoms with Gasteiger partial charge in [-0.1, -0.05) is 13.0 Å². The number of benzene rings is 1. The molecule has 0 bridgehead atoms. The number of anilines is 1. The molecule has 1 aliphatic heterocycles. The fourth-order valence-electron chi connectivity index (χ4n) is 2.39. The van der Waals surface area contributed by atoms with Gasteiger partial charge in [0.15, 0.2) is 0 Å². The summed E-state index contributed by atoms with van der Waals surface area (Å²) in [4.78, 5) is 25.9. The van der Waals surface area contributed by atoms with Crippen LogP contribution in [-0.4, -0.2) is 44.5 Å². The molecule has 138 valence electrons. The van der Waals surface area contributed by atoms with Crippen LogP contribution in [0.1, 0.15) is 20.3 Å². The highest BCUT2D eigenvalue weighted by molar-refractivity contribution is 8.01. The van der Waals surface area contributed by atoms with E-state index in [0.717, 1.165) is 18.6 Å². The van der Waals surface area contributed by atoms with Crippen molar-refractivity contribution >= 4 is 39.7 Å². The Balaban J connectivity index is 2.18. The maximum absolute atomic E-state index is 12.6. The average Bonchev–Trinajstić information content (AvgIpc) is 2.81. The molecule has 1 fully saturated rings. The van der Waals surface area contributed by atoms with Crippen molar-refractivity contribution in [1.82, 2.24) is 5.32 Å². The second kappa shape index (κ2) is 8.17. The van der Waals surface area contributed by atoms with E-state index >= 15 is 0 Å². The number of imide groups is 1. The monoisotopic (exact) mass is 388 g/mol. The molecule has 1 aliphatic rings. The SMILES string of the molecule is CCNC(C)SC1CC(=O)N(c2cccc(OS(=O)(=O)OC)c2)C1=O. The number of hydrogen-bond acceptors (Lipinski definition) is 8. The lowest BCUT2D eigenvalue weighted by Gasteiger charge is -2.18. The molecule has 2 rings (SSSR count). The molecule has 10 heteroatoms. The summed E-state index contributed by atoms with van der Waals surface area (Å²) in [7, 11) is -3.20. The molecule has 2 atom stereocenters. The number of amides is 2. The molecule has 0 saturated carbocycles. The molecule has 25 heavy (non-hydrogen) atoms. The normalized spacial score (nSPS) is 19.3. The third-order valence-corrected chi connectivity index (χ3v) is 5.52. The second-order valence-electron chi connectivity index (χ2n) is 5.25. The van der Waals surface area contributed by atoms with Crippen LogP contribution in [0, 0.1) is 0 Å². The van der Waals surface area contributed by atoms with E-state index in [0.29, 0.717) is 0 Å². The fraction of sp³-hybridized carbons (Fsp3) is 0.467. The van der Waals surface area contributed by atoms with Crippen molar-refractivity contribution in [2.75, 3.05) is 18.6 Å². The lowest BCUT2D eigenvalue weighted by molar-refractivity contribution is -0.121. The van der Waals surface area contributed by atoms with Gasteiger partial charge in [-0.05, 0) is 25.6 Å². The molecule has 1 aromatic rings. The highest BCUT2D eigenvalue weighted by Crippen LogP contribution is 2.32. The summed E-state index contributed by atoms with van der Waals surface area (Å²) in [5.74, 6) is -0.707. The van der Waals surface area contributed by atoms with E-state index in [1.165, 1.54) is 30.0 Å². The molecule has 1 saturated heterocycles. The van der Waals surface area contributed by atoms with E-state index in [1.54, 1.807) is 6.07 Å². The van der Waals surface area contributed by atoms with Gasteiger partial charge in [-0.3, -0.25) is 9.59 Å². The summed E-state index contributed by atoms with van der Waals surface area (Å²) in [5.41, 5.74) is 0.262. The zero-order valence-corrected chi connectivity index (χ0v) is 15.7. The lowest BCUT2D eigenvalue weighted by atomic mass is 10.3. The Kier molecular flexibility index (Phi) is 6.44. The van der Waals surface area contributed by atoms with Crippen LogP contribution in [0.2, 0.25) is 0 Å². The topological polar surface area (TPSA) is 102 Å². The van der Waals surface area contributed by atoms with Gasteiger partial charge >= 0.3 is 10.4 Å². The van der Waals surface area contributed by atoms with Gasteiger partial charge in [-0.2, -0.15) is 8.42 Å². The van der Waals surface area contributed by atoms with Crippen molar-refractivity contribution in [3.05, 3.63) is 24.3 Å². The highest BCUT2D eigenvalue weighted by atomic mass is 32.3. The zero-order valence-electron chi connectivity index (χ0n) is 14.1. The van der Waals surface area contributed by atoms with Crippen molar-refractivity contribution in [3.8, 4) is 5.75 Å². The molecular formula is C15H20N2O6S2. The van der Waals surface area contributed by atoms with Crippen LogP contribution in [0.3, 0.4) is 0 Å². The van der Waals surface area contributed by atoms with Crippen molar-refractivity contribution in [1.29, 1.82) is 0 Å². The molecule has 2 amide bonds. The number of hydrogen-bond donors (Lipinski definition) is 1. The standard InChI is InChI=1S/C15H20N2O6S2/c1-4-16-10(2)24-13-9-14(18)17(15(13)19)11-6-5-7-12(8-11)23-25(20,21)22-3/h5-8,10,13,16H,4,9H2,1-3H3. The molecule has 8 nitrogen and oxygen atoms in total. The minimum absolute atomic E-state index is 0.0354. The van der Waals surface area contributed by atoms with E-state index in [9.17, 15) is 18.0 Å². The fourth-order valence-corrected chi connectivity index (χ4v) is 4.01. The molecule has 0 aliphatic carbocycles. The van der Waals surface area contributed by atoms with Gasteiger partial charge in [0.05, 0.1) is 23.4 Å².